The summed E-state index contributed by atoms with van der Waals surface area (Å²) in [4.78, 5) is 4.45. The molecule has 0 spiro atoms. The predicted octanol–water partition coefficient (Wildman–Crippen LogP) is 2.90. The fourth-order valence-corrected chi connectivity index (χ4v) is 2.39. The lowest BCUT2D eigenvalue weighted by atomic mass is 10.2. The van der Waals surface area contributed by atoms with Crippen LogP contribution in [0.15, 0.2) is 65.5 Å². The zero-order chi connectivity index (χ0) is 17.8. The van der Waals surface area contributed by atoms with Crippen LogP contribution in [0.2, 0.25) is 0 Å². The van der Waals surface area contributed by atoms with Crippen LogP contribution in [0.25, 0.3) is 17.1 Å². The highest BCUT2D eigenvalue weighted by Gasteiger charge is 2.08. The Labute approximate surface area is 149 Å². The second kappa shape index (κ2) is 7.06. The number of tetrazole rings is 1. The molecule has 4 aromatic rings. The smallest absolute Gasteiger partial charge is 0.226 e. The summed E-state index contributed by atoms with van der Waals surface area (Å²) in [6.45, 7) is 0.290. The zero-order valence-corrected chi connectivity index (χ0v) is 13.9. The second-order valence-electron chi connectivity index (χ2n) is 5.41. The number of rotatable bonds is 6. The van der Waals surface area contributed by atoms with E-state index in [0.29, 0.717) is 23.9 Å². The summed E-state index contributed by atoms with van der Waals surface area (Å²) in [5, 5.41) is 11.1. The molecule has 0 aliphatic carbocycles. The third-order valence-electron chi connectivity index (χ3n) is 3.71. The number of aromatic nitrogens is 5. The first kappa shape index (κ1) is 15.8. The fourth-order valence-electron chi connectivity index (χ4n) is 2.39. The Bertz CT molecular complexity index is 980. The van der Waals surface area contributed by atoms with Gasteiger partial charge in [-0.1, -0.05) is 6.07 Å². The fraction of sp³-hybridized carbons (Fsp3) is 0.111. The molecule has 0 N–H and O–H groups in total. The Hall–Kier alpha value is -3.68. The standard InChI is InChI=1S/C18H15N5O3/c1-24-16-7-5-13(6-8-16)18-20-14(11-26-18)10-25-17-4-2-3-15(9-17)23-12-19-21-22-23/h2-9,11-12H,10H2,1H3. The van der Waals surface area contributed by atoms with Gasteiger partial charge in [0.15, 0.2) is 0 Å². The Balaban J connectivity index is 1.44. The minimum atomic E-state index is 0.290. The second-order valence-corrected chi connectivity index (χ2v) is 5.41. The summed E-state index contributed by atoms with van der Waals surface area (Å²) in [5.74, 6) is 2.01. The first-order chi connectivity index (χ1) is 12.8. The highest BCUT2D eigenvalue weighted by Crippen LogP contribution is 2.23. The molecule has 8 nitrogen and oxygen atoms in total. The zero-order valence-electron chi connectivity index (χ0n) is 13.9. The van der Waals surface area contributed by atoms with E-state index in [4.69, 9.17) is 13.9 Å². The Morgan fingerprint density at radius 1 is 1.08 bits per heavy atom. The molecule has 2 heterocycles. The molecule has 4 rings (SSSR count). The van der Waals surface area contributed by atoms with Crippen LogP contribution in [0, 0.1) is 0 Å². The molecular weight excluding hydrogens is 334 g/mol. The summed E-state index contributed by atoms with van der Waals surface area (Å²) >= 11 is 0. The van der Waals surface area contributed by atoms with E-state index in [0.717, 1.165) is 17.0 Å². The monoisotopic (exact) mass is 349 g/mol. The average Bonchev–Trinajstić information content (AvgIpc) is 3.39. The van der Waals surface area contributed by atoms with Gasteiger partial charge in [-0.15, -0.1) is 5.10 Å². The Kier molecular flexibility index (Phi) is 4.29. The number of oxazole rings is 1. The van der Waals surface area contributed by atoms with Gasteiger partial charge in [0.05, 0.1) is 12.8 Å². The summed E-state index contributed by atoms with van der Waals surface area (Å²) in [6, 6.07) is 15.0. The molecule has 0 radical (unpaired) electrons. The van der Waals surface area contributed by atoms with E-state index in [2.05, 4.69) is 20.5 Å². The number of nitrogens with zero attached hydrogens (tertiary/aromatic N) is 5. The van der Waals surface area contributed by atoms with Gasteiger partial charge in [-0.2, -0.15) is 0 Å². The molecule has 0 amide bonds. The van der Waals surface area contributed by atoms with Crippen LogP contribution in [0.3, 0.4) is 0 Å². The topological polar surface area (TPSA) is 88.1 Å². The van der Waals surface area contributed by atoms with Crippen molar-refractivity contribution in [3.05, 3.63) is 66.8 Å². The molecular formula is C18H15N5O3. The minimum absolute atomic E-state index is 0.290. The molecule has 0 fully saturated rings. The molecule has 0 atom stereocenters. The van der Waals surface area contributed by atoms with Crippen LogP contribution in [0.4, 0.5) is 0 Å². The van der Waals surface area contributed by atoms with Gasteiger partial charge in [0, 0.05) is 11.6 Å². The van der Waals surface area contributed by atoms with E-state index in [1.807, 2.05) is 48.5 Å². The van der Waals surface area contributed by atoms with Crippen LogP contribution in [0.5, 0.6) is 11.5 Å². The molecule has 0 saturated carbocycles. The normalized spacial score (nSPS) is 10.7. The lowest BCUT2D eigenvalue weighted by Gasteiger charge is -2.05. The SMILES string of the molecule is COc1ccc(-c2nc(COc3cccc(-n4cnnn4)c3)co2)cc1. The summed E-state index contributed by atoms with van der Waals surface area (Å²) in [6.07, 6.45) is 3.11. The third kappa shape index (κ3) is 3.39. The predicted molar refractivity (Wildman–Crippen MR) is 92.0 cm³/mol. The third-order valence-corrected chi connectivity index (χ3v) is 3.71. The summed E-state index contributed by atoms with van der Waals surface area (Å²) in [5.41, 5.74) is 2.38. The maximum atomic E-state index is 5.79. The van der Waals surface area contributed by atoms with Gasteiger partial charge < -0.3 is 13.9 Å². The van der Waals surface area contributed by atoms with Gasteiger partial charge >= 0.3 is 0 Å². The van der Waals surface area contributed by atoms with Crippen molar-refractivity contribution in [3.63, 3.8) is 0 Å². The molecule has 2 aromatic heterocycles. The molecule has 0 aliphatic rings. The van der Waals surface area contributed by atoms with Crippen molar-refractivity contribution >= 4 is 0 Å². The minimum Gasteiger partial charge on any atom is -0.497 e. The molecule has 8 heteroatoms. The van der Waals surface area contributed by atoms with Crippen molar-refractivity contribution in [3.8, 4) is 28.6 Å². The van der Waals surface area contributed by atoms with Crippen molar-refractivity contribution < 1.29 is 13.9 Å². The van der Waals surface area contributed by atoms with E-state index < -0.39 is 0 Å². The summed E-state index contributed by atoms with van der Waals surface area (Å²) < 4.78 is 18.0. The largest absolute Gasteiger partial charge is 0.497 e. The van der Waals surface area contributed by atoms with Crippen LogP contribution in [0.1, 0.15) is 5.69 Å². The lowest BCUT2D eigenvalue weighted by Crippen LogP contribution is -1.98. The summed E-state index contributed by atoms with van der Waals surface area (Å²) in [7, 11) is 1.63. The Morgan fingerprint density at radius 3 is 2.73 bits per heavy atom. The van der Waals surface area contributed by atoms with E-state index in [1.54, 1.807) is 18.1 Å². The van der Waals surface area contributed by atoms with E-state index in [-0.39, 0.29) is 0 Å². The van der Waals surface area contributed by atoms with Crippen molar-refractivity contribution in [2.45, 2.75) is 6.61 Å². The molecule has 130 valence electrons. The van der Waals surface area contributed by atoms with Gasteiger partial charge in [-0.05, 0) is 46.8 Å². The highest BCUT2D eigenvalue weighted by molar-refractivity contribution is 5.54. The van der Waals surface area contributed by atoms with Crippen LogP contribution >= 0.6 is 0 Å². The van der Waals surface area contributed by atoms with E-state index in [1.165, 1.54) is 6.33 Å². The van der Waals surface area contributed by atoms with Crippen molar-refractivity contribution in [2.24, 2.45) is 0 Å². The lowest BCUT2D eigenvalue weighted by molar-refractivity contribution is 0.301. The van der Waals surface area contributed by atoms with Crippen LogP contribution in [-0.4, -0.2) is 32.3 Å². The average molecular weight is 349 g/mol. The first-order valence-electron chi connectivity index (χ1n) is 7.87. The molecule has 0 aliphatic heterocycles. The van der Waals surface area contributed by atoms with E-state index >= 15 is 0 Å². The van der Waals surface area contributed by atoms with Gasteiger partial charge in [0.25, 0.3) is 0 Å². The Morgan fingerprint density at radius 2 is 1.96 bits per heavy atom. The van der Waals surface area contributed by atoms with Gasteiger partial charge in [0.1, 0.15) is 36.4 Å². The number of methoxy groups -OCH3 is 1. The number of ether oxygens (including phenoxy) is 2. The molecule has 26 heavy (non-hydrogen) atoms. The maximum absolute atomic E-state index is 5.79. The number of benzene rings is 2. The number of hydrogen-bond acceptors (Lipinski definition) is 7. The first-order valence-corrected chi connectivity index (χ1v) is 7.87. The van der Waals surface area contributed by atoms with E-state index in [9.17, 15) is 0 Å². The van der Waals surface area contributed by atoms with Crippen molar-refractivity contribution in [2.75, 3.05) is 7.11 Å². The van der Waals surface area contributed by atoms with Gasteiger partial charge in [-0.3, -0.25) is 0 Å². The van der Waals surface area contributed by atoms with Crippen molar-refractivity contribution in [1.82, 2.24) is 25.2 Å². The van der Waals surface area contributed by atoms with Crippen LogP contribution in [-0.2, 0) is 6.61 Å². The molecule has 0 unspecified atom stereocenters. The molecule has 2 aromatic carbocycles. The molecule has 0 bridgehead atoms. The quantitative estimate of drug-likeness (QED) is 0.529. The van der Waals surface area contributed by atoms with Gasteiger partial charge in [0.2, 0.25) is 5.89 Å². The van der Waals surface area contributed by atoms with Crippen molar-refractivity contribution in [1.29, 1.82) is 0 Å². The maximum Gasteiger partial charge on any atom is 0.226 e. The van der Waals surface area contributed by atoms with Crippen LogP contribution < -0.4 is 9.47 Å². The molecule has 0 saturated heterocycles. The highest BCUT2D eigenvalue weighted by atomic mass is 16.5. The van der Waals surface area contributed by atoms with Gasteiger partial charge in [-0.25, -0.2) is 9.67 Å². The number of hydrogen-bond donors (Lipinski definition) is 0.